The zero-order valence-corrected chi connectivity index (χ0v) is 26.8. The Kier molecular flexibility index (Phi) is 6.15. The van der Waals surface area contributed by atoms with Crippen molar-refractivity contribution in [2.75, 3.05) is 0 Å². The molecule has 0 aliphatic heterocycles. The number of hydrogen-bond donors (Lipinski definition) is 0. The Labute approximate surface area is 285 Å². The Morgan fingerprint density at radius 1 is 0.388 bits per heavy atom. The average molecular weight is 623 g/mol. The third kappa shape index (κ3) is 4.29. The largest absolute Gasteiger partial charge is 0.361 e. The molecule has 228 valence electrons. The summed E-state index contributed by atoms with van der Waals surface area (Å²) in [6, 6.07) is 56.7. The van der Waals surface area contributed by atoms with E-state index in [1.807, 2.05) is 0 Å². The summed E-state index contributed by atoms with van der Waals surface area (Å²) in [5.74, 6) is 0. The molecule has 2 aliphatic carbocycles. The van der Waals surface area contributed by atoms with E-state index < -0.39 is 0 Å². The van der Waals surface area contributed by atoms with Crippen molar-refractivity contribution in [3.63, 3.8) is 0 Å². The van der Waals surface area contributed by atoms with Crippen LogP contribution in [0.3, 0.4) is 0 Å². The molecule has 8 aromatic carbocycles. The van der Waals surface area contributed by atoms with E-state index in [2.05, 4.69) is 163 Å². The number of benzene rings is 8. The minimum Gasteiger partial charge on any atom is -0.361 e. The van der Waals surface area contributed by atoms with Crippen molar-refractivity contribution in [2.24, 2.45) is 0 Å². The van der Waals surface area contributed by atoms with Crippen molar-refractivity contribution in [3.8, 4) is 44.5 Å². The molecule has 0 N–H and O–H groups in total. The van der Waals surface area contributed by atoms with Gasteiger partial charge in [-0.15, -0.1) is 0 Å². The highest BCUT2D eigenvalue weighted by Gasteiger charge is 2.35. The summed E-state index contributed by atoms with van der Waals surface area (Å²) < 4.78 is 0. The van der Waals surface area contributed by atoms with Gasteiger partial charge in [-0.1, -0.05) is 146 Å². The molecule has 0 heterocycles. The van der Waals surface area contributed by atoms with Gasteiger partial charge in [-0.3, -0.25) is 0 Å². The standard InChI is InChI=1S/C47H30N2/c48-49-47(45-39(35-19-17-29-9-1-3-11-31(29)25-35)21-23-41-37-15-7-5-13-33(37)27-43(41)45)46-40(36-20-18-30-10-2-4-12-32(30)26-36)22-24-42-38-16-8-6-14-34(38)28-44(42)46/h1-26H,27-28H2. The summed E-state index contributed by atoms with van der Waals surface area (Å²) in [7, 11) is 0. The number of hydrogen-bond acceptors (Lipinski definition) is 0. The van der Waals surface area contributed by atoms with E-state index in [1.165, 1.54) is 66.1 Å². The Morgan fingerprint density at radius 2 is 0.796 bits per heavy atom. The van der Waals surface area contributed by atoms with Crippen LogP contribution in [0.25, 0.3) is 71.6 Å². The number of rotatable bonds is 4. The van der Waals surface area contributed by atoms with Crippen LogP contribution in [0, 0.1) is 0 Å². The predicted molar refractivity (Wildman–Crippen MR) is 202 cm³/mol. The Balaban J connectivity index is 1.28. The van der Waals surface area contributed by atoms with Crippen LogP contribution in [0.4, 0.5) is 0 Å². The van der Waals surface area contributed by atoms with Crippen LogP contribution in [0.5, 0.6) is 0 Å². The molecular weight excluding hydrogens is 593 g/mol. The van der Waals surface area contributed by atoms with Gasteiger partial charge in [0.2, 0.25) is 0 Å². The molecule has 2 aliphatic rings. The van der Waals surface area contributed by atoms with Crippen molar-refractivity contribution in [2.45, 2.75) is 12.8 Å². The van der Waals surface area contributed by atoms with Gasteiger partial charge < -0.3 is 5.53 Å². The summed E-state index contributed by atoms with van der Waals surface area (Å²) >= 11 is 0. The van der Waals surface area contributed by atoms with Crippen LogP contribution in [-0.4, -0.2) is 10.5 Å². The molecule has 0 atom stereocenters. The third-order valence-corrected chi connectivity index (χ3v) is 10.7. The van der Waals surface area contributed by atoms with Crippen LogP contribution in [-0.2, 0) is 12.8 Å². The molecule has 0 amide bonds. The van der Waals surface area contributed by atoms with Crippen molar-refractivity contribution in [1.82, 2.24) is 0 Å². The minimum absolute atomic E-state index is 0.626. The van der Waals surface area contributed by atoms with Crippen molar-refractivity contribution < 1.29 is 4.79 Å². The zero-order chi connectivity index (χ0) is 32.5. The van der Waals surface area contributed by atoms with Crippen LogP contribution < -0.4 is 0 Å². The second-order valence-electron chi connectivity index (χ2n) is 13.3. The molecule has 0 saturated heterocycles. The molecule has 0 spiro atoms. The summed E-state index contributed by atoms with van der Waals surface area (Å²) in [6.45, 7) is 0. The van der Waals surface area contributed by atoms with E-state index >= 15 is 0 Å². The van der Waals surface area contributed by atoms with Gasteiger partial charge in [-0.2, -0.15) is 4.79 Å². The molecule has 0 saturated carbocycles. The van der Waals surface area contributed by atoms with E-state index in [0.29, 0.717) is 5.71 Å². The lowest BCUT2D eigenvalue weighted by Crippen LogP contribution is -2.14. The van der Waals surface area contributed by atoms with Gasteiger partial charge in [-0.05, 0) is 113 Å². The van der Waals surface area contributed by atoms with Gasteiger partial charge in [0.25, 0.3) is 0 Å². The lowest BCUT2D eigenvalue weighted by molar-refractivity contribution is -0.00279. The van der Waals surface area contributed by atoms with Gasteiger partial charge in [0.1, 0.15) is 0 Å². The first-order valence-electron chi connectivity index (χ1n) is 16.9. The first-order valence-corrected chi connectivity index (χ1v) is 16.9. The van der Waals surface area contributed by atoms with Gasteiger partial charge >= 0.3 is 5.71 Å². The van der Waals surface area contributed by atoms with Gasteiger partial charge in [0.05, 0.1) is 11.1 Å². The molecule has 0 fully saturated rings. The van der Waals surface area contributed by atoms with Gasteiger partial charge in [-0.25, -0.2) is 0 Å². The summed E-state index contributed by atoms with van der Waals surface area (Å²) in [6.07, 6.45) is 1.56. The molecule has 2 heteroatoms. The highest BCUT2D eigenvalue weighted by Crippen LogP contribution is 2.47. The molecule has 0 bridgehead atoms. The molecular formula is C47H30N2. The fraction of sp³-hybridized carbons (Fsp3) is 0.0426. The first-order chi connectivity index (χ1) is 24.2. The quantitative estimate of drug-likeness (QED) is 0.106. The summed E-state index contributed by atoms with van der Waals surface area (Å²) in [5, 5.41) is 4.78. The molecule has 0 aromatic heterocycles. The maximum absolute atomic E-state index is 11.4. The monoisotopic (exact) mass is 622 g/mol. The van der Waals surface area contributed by atoms with E-state index in [0.717, 1.165) is 46.2 Å². The van der Waals surface area contributed by atoms with Crippen LogP contribution in [0.1, 0.15) is 33.4 Å². The summed E-state index contributed by atoms with van der Waals surface area (Å²) in [5.41, 5.74) is 28.3. The van der Waals surface area contributed by atoms with Crippen molar-refractivity contribution in [3.05, 3.63) is 197 Å². The molecule has 10 rings (SSSR count). The minimum atomic E-state index is 0.626. The smallest absolute Gasteiger partial charge is 0.331 e. The second-order valence-corrected chi connectivity index (χ2v) is 13.3. The Bertz CT molecular complexity index is 2540. The first kappa shape index (κ1) is 27.7. The molecule has 8 aromatic rings. The molecule has 0 unspecified atom stereocenters. The maximum Gasteiger partial charge on any atom is 0.331 e. The third-order valence-electron chi connectivity index (χ3n) is 10.7. The average Bonchev–Trinajstić information content (AvgIpc) is 3.74. The van der Waals surface area contributed by atoms with Crippen LogP contribution >= 0.6 is 0 Å². The summed E-state index contributed by atoms with van der Waals surface area (Å²) in [4.78, 5) is 4.32. The van der Waals surface area contributed by atoms with E-state index in [9.17, 15) is 5.53 Å². The highest BCUT2D eigenvalue weighted by molar-refractivity contribution is 6.20. The van der Waals surface area contributed by atoms with E-state index in [4.69, 9.17) is 0 Å². The van der Waals surface area contributed by atoms with E-state index in [-0.39, 0.29) is 0 Å². The topological polar surface area (TPSA) is 36.4 Å². The predicted octanol–water partition coefficient (Wildman–Crippen LogP) is 11.5. The molecule has 49 heavy (non-hydrogen) atoms. The maximum atomic E-state index is 11.4. The van der Waals surface area contributed by atoms with Crippen molar-refractivity contribution in [1.29, 1.82) is 0 Å². The van der Waals surface area contributed by atoms with E-state index in [1.54, 1.807) is 0 Å². The Hall–Kier alpha value is -6.34. The van der Waals surface area contributed by atoms with Crippen LogP contribution in [0.15, 0.2) is 158 Å². The number of fused-ring (bicyclic) bond motifs is 8. The lowest BCUT2D eigenvalue weighted by atomic mass is 9.81. The highest BCUT2D eigenvalue weighted by atomic mass is 14.9. The van der Waals surface area contributed by atoms with Gasteiger partial charge in [0, 0.05) is 0 Å². The van der Waals surface area contributed by atoms with Gasteiger partial charge in [0.15, 0.2) is 0 Å². The normalized spacial score (nSPS) is 12.3. The van der Waals surface area contributed by atoms with Crippen LogP contribution in [0.2, 0.25) is 0 Å². The Morgan fingerprint density at radius 3 is 1.27 bits per heavy atom. The second kappa shape index (κ2) is 10.9. The number of nitrogens with zero attached hydrogens (tertiary/aromatic N) is 2. The SMILES string of the molecule is [N-]=[N+]=C(c1c(-c2ccc3ccccc3c2)ccc2c1Cc1ccccc1-2)c1c(-c2ccc3ccccc3c2)ccc2c1Cc1ccccc1-2. The molecule has 0 radical (unpaired) electrons. The fourth-order valence-electron chi connectivity index (χ4n) is 8.38. The zero-order valence-electron chi connectivity index (χ0n) is 26.8. The molecule has 2 nitrogen and oxygen atoms in total. The fourth-order valence-corrected chi connectivity index (χ4v) is 8.38. The van der Waals surface area contributed by atoms with Crippen molar-refractivity contribution >= 4 is 27.3 Å². The lowest BCUT2D eigenvalue weighted by Gasteiger charge is -2.18.